The maximum Gasteiger partial charge on any atom is 0.243 e. The second-order valence-electron chi connectivity index (χ2n) is 7.65. The van der Waals surface area contributed by atoms with E-state index >= 15 is 0 Å². The maximum atomic E-state index is 14.2. The molecule has 9 heteroatoms. The number of aryl methyl sites for hydroxylation is 1. The van der Waals surface area contributed by atoms with Crippen LogP contribution in [-0.2, 0) is 26.2 Å². The second-order valence-corrected chi connectivity index (χ2v) is 9.70. The minimum atomic E-state index is -3.91. The Bertz CT molecular complexity index is 1040. The molecule has 2 aromatic rings. The Morgan fingerprint density at radius 2 is 1.72 bits per heavy atom. The van der Waals surface area contributed by atoms with Crippen LogP contribution in [0.25, 0.3) is 0 Å². The van der Waals surface area contributed by atoms with Gasteiger partial charge in [-0.3, -0.25) is 9.59 Å². The van der Waals surface area contributed by atoms with Gasteiger partial charge in [0.25, 0.3) is 0 Å². The molecule has 7 nitrogen and oxygen atoms in total. The van der Waals surface area contributed by atoms with E-state index in [1.54, 1.807) is 18.2 Å². The van der Waals surface area contributed by atoms with E-state index in [-0.39, 0.29) is 22.9 Å². The average molecular weight is 464 g/mol. The van der Waals surface area contributed by atoms with Crippen molar-refractivity contribution in [2.75, 3.05) is 20.1 Å². The number of carbonyl (C=O) groups is 2. The van der Waals surface area contributed by atoms with Crippen LogP contribution in [0.4, 0.5) is 4.39 Å². The van der Waals surface area contributed by atoms with Crippen LogP contribution in [0.3, 0.4) is 0 Å². The molecule has 0 radical (unpaired) electrons. The third-order valence-corrected chi connectivity index (χ3v) is 6.92. The zero-order chi connectivity index (χ0) is 23.9. The number of sulfonamides is 1. The summed E-state index contributed by atoms with van der Waals surface area (Å²) in [5.74, 6) is -1.50. The summed E-state index contributed by atoms with van der Waals surface area (Å²) in [6.45, 7) is 5.07. The van der Waals surface area contributed by atoms with Crippen LogP contribution in [0.5, 0.6) is 0 Å². The van der Waals surface area contributed by atoms with Crippen LogP contribution in [0, 0.1) is 12.7 Å². The zero-order valence-electron chi connectivity index (χ0n) is 18.8. The minimum Gasteiger partial charge on any atom is -0.354 e. The van der Waals surface area contributed by atoms with Crippen molar-refractivity contribution in [2.45, 2.75) is 44.7 Å². The molecule has 1 atom stereocenters. The first-order valence-electron chi connectivity index (χ1n) is 10.4. The summed E-state index contributed by atoms with van der Waals surface area (Å²) in [6, 6.07) is 11.4. The van der Waals surface area contributed by atoms with E-state index in [0.717, 1.165) is 16.3 Å². The smallest absolute Gasteiger partial charge is 0.243 e. The lowest BCUT2D eigenvalue weighted by atomic mass is 10.1. The van der Waals surface area contributed by atoms with Gasteiger partial charge in [0.05, 0.1) is 11.4 Å². The van der Waals surface area contributed by atoms with E-state index in [1.165, 1.54) is 49.2 Å². The Morgan fingerprint density at radius 3 is 2.31 bits per heavy atom. The molecular formula is C23H30FN3O4S. The van der Waals surface area contributed by atoms with E-state index < -0.39 is 34.3 Å². The quantitative estimate of drug-likeness (QED) is 0.587. The highest BCUT2D eigenvalue weighted by molar-refractivity contribution is 7.89. The molecule has 0 aliphatic heterocycles. The van der Waals surface area contributed by atoms with Crippen LogP contribution >= 0.6 is 0 Å². The number of amides is 2. The number of hydrogen-bond acceptors (Lipinski definition) is 4. The van der Waals surface area contributed by atoms with Crippen LogP contribution in [-0.4, -0.2) is 55.6 Å². The minimum absolute atomic E-state index is 0.0628. The number of nitrogens with one attached hydrogen (secondary N) is 1. The van der Waals surface area contributed by atoms with Crippen LogP contribution in [0.2, 0.25) is 0 Å². The van der Waals surface area contributed by atoms with E-state index in [9.17, 15) is 22.4 Å². The Labute approximate surface area is 189 Å². The van der Waals surface area contributed by atoms with E-state index in [4.69, 9.17) is 0 Å². The van der Waals surface area contributed by atoms with Gasteiger partial charge < -0.3 is 10.2 Å². The molecule has 0 aliphatic carbocycles. The molecule has 2 amide bonds. The molecule has 1 N–H and O–H groups in total. The number of rotatable bonds is 10. The van der Waals surface area contributed by atoms with Crippen molar-refractivity contribution in [2.24, 2.45) is 0 Å². The van der Waals surface area contributed by atoms with Crippen LogP contribution in [0.15, 0.2) is 53.4 Å². The third-order valence-electron chi connectivity index (χ3n) is 5.10. The van der Waals surface area contributed by atoms with Crippen LogP contribution in [0.1, 0.15) is 31.4 Å². The predicted octanol–water partition coefficient (Wildman–Crippen LogP) is 2.70. The first kappa shape index (κ1) is 25.5. The summed E-state index contributed by atoms with van der Waals surface area (Å²) in [6.07, 6.45) is 0.719. The molecule has 0 bridgehead atoms. The number of hydrogen-bond donors (Lipinski definition) is 1. The van der Waals surface area contributed by atoms with Crippen molar-refractivity contribution >= 4 is 21.8 Å². The molecule has 0 saturated carbocycles. The number of likely N-dealkylation sites (N-methyl/N-ethyl adjacent to an activating group) is 1. The van der Waals surface area contributed by atoms with Gasteiger partial charge in [-0.2, -0.15) is 4.31 Å². The molecule has 0 aliphatic rings. The summed E-state index contributed by atoms with van der Waals surface area (Å²) < 4.78 is 40.9. The Morgan fingerprint density at radius 1 is 1.09 bits per heavy atom. The highest BCUT2D eigenvalue weighted by Gasteiger charge is 2.30. The summed E-state index contributed by atoms with van der Waals surface area (Å²) in [5.41, 5.74) is 1.14. The molecule has 2 rings (SSSR count). The summed E-state index contributed by atoms with van der Waals surface area (Å²) in [5, 5.41) is 2.72. The lowest BCUT2D eigenvalue weighted by Gasteiger charge is -2.30. The molecule has 0 fully saturated rings. The lowest BCUT2D eigenvalue weighted by Crippen LogP contribution is -2.50. The zero-order valence-corrected chi connectivity index (χ0v) is 19.7. The Hall–Kier alpha value is -2.78. The standard InChI is InChI=1S/C23H30FN3O4S/c1-5-14-25-23(29)18(3)27(15-19-8-6-7-9-21(19)24)22(28)16-26(4)32(30,31)20-12-10-17(2)11-13-20/h6-13,18H,5,14-16H2,1-4H3,(H,25,29)/t18-/m0/s1. The van der Waals surface area contributed by atoms with Gasteiger partial charge in [-0.25, -0.2) is 12.8 Å². The first-order valence-corrected chi connectivity index (χ1v) is 11.9. The van der Waals surface area contributed by atoms with Gasteiger partial charge >= 0.3 is 0 Å². The largest absolute Gasteiger partial charge is 0.354 e. The fraction of sp³-hybridized carbons (Fsp3) is 0.391. The number of carbonyl (C=O) groups excluding carboxylic acids is 2. The fourth-order valence-electron chi connectivity index (χ4n) is 3.05. The Balaban J connectivity index is 2.27. The van der Waals surface area contributed by atoms with E-state index in [0.29, 0.717) is 6.54 Å². The van der Waals surface area contributed by atoms with Gasteiger partial charge in [0, 0.05) is 25.7 Å². The van der Waals surface area contributed by atoms with E-state index in [1.807, 2.05) is 13.8 Å². The molecule has 0 heterocycles. The fourth-order valence-corrected chi connectivity index (χ4v) is 4.17. The molecule has 32 heavy (non-hydrogen) atoms. The topological polar surface area (TPSA) is 86.8 Å². The van der Waals surface area contributed by atoms with Gasteiger partial charge in [-0.1, -0.05) is 42.8 Å². The first-order chi connectivity index (χ1) is 15.1. The van der Waals surface area contributed by atoms with Crippen molar-refractivity contribution < 1.29 is 22.4 Å². The second kappa shape index (κ2) is 11.2. The predicted molar refractivity (Wildman–Crippen MR) is 121 cm³/mol. The van der Waals surface area contributed by atoms with Crippen molar-refractivity contribution in [3.8, 4) is 0 Å². The maximum absolute atomic E-state index is 14.2. The normalized spacial score (nSPS) is 12.4. The van der Waals surface area contributed by atoms with Crippen molar-refractivity contribution in [1.82, 2.24) is 14.5 Å². The molecule has 0 unspecified atom stereocenters. The van der Waals surface area contributed by atoms with Crippen molar-refractivity contribution in [3.05, 3.63) is 65.5 Å². The monoisotopic (exact) mass is 463 g/mol. The molecule has 174 valence electrons. The van der Waals surface area contributed by atoms with Gasteiger partial charge in [0.2, 0.25) is 21.8 Å². The number of halogens is 1. The molecular weight excluding hydrogens is 433 g/mol. The van der Waals surface area contributed by atoms with Gasteiger partial charge in [0.15, 0.2) is 0 Å². The number of benzene rings is 2. The highest BCUT2D eigenvalue weighted by Crippen LogP contribution is 2.17. The SMILES string of the molecule is CCCNC(=O)[C@H](C)N(Cc1ccccc1F)C(=O)CN(C)S(=O)(=O)c1ccc(C)cc1. The van der Waals surface area contributed by atoms with Crippen LogP contribution < -0.4 is 5.32 Å². The molecule has 0 aromatic heterocycles. The van der Waals surface area contributed by atoms with E-state index in [2.05, 4.69) is 5.32 Å². The molecule has 2 aromatic carbocycles. The molecule has 0 spiro atoms. The average Bonchev–Trinajstić information content (AvgIpc) is 2.76. The van der Waals surface area contributed by atoms with Gasteiger partial charge in [0.1, 0.15) is 11.9 Å². The lowest BCUT2D eigenvalue weighted by molar-refractivity contribution is -0.140. The Kier molecular flexibility index (Phi) is 8.91. The van der Waals surface area contributed by atoms with Crippen molar-refractivity contribution in [3.63, 3.8) is 0 Å². The number of nitrogens with zero attached hydrogens (tertiary/aromatic N) is 2. The third kappa shape index (κ3) is 6.37. The summed E-state index contributed by atoms with van der Waals surface area (Å²) in [4.78, 5) is 26.9. The molecule has 0 saturated heterocycles. The van der Waals surface area contributed by atoms with Crippen molar-refractivity contribution in [1.29, 1.82) is 0 Å². The van der Waals surface area contributed by atoms with Gasteiger partial charge in [-0.15, -0.1) is 0 Å². The summed E-state index contributed by atoms with van der Waals surface area (Å²) in [7, 11) is -2.61. The van der Waals surface area contributed by atoms with Gasteiger partial charge in [-0.05, 0) is 38.5 Å². The highest BCUT2D eigenvalue weighted by atomic mass is 32.2. The summed E-state index contributed by atoms with van der Waals surface area (Å²) >= 11 is 0.